The lowest BCUT2D eigenvalue weighted by atomic mass is 9.75. The molecule has 0 amide bonds. The molecule has 0 unspecified atom stereocenters. The van der Waals surface area contributed by atoms with Crippen LogP contribution in [0.1, 0.15) is 57.2 Å². The molecule has 0 spiro atoms. The zero-order valence-corrected chi connectivity index (χ0v) is 19.9. The van der Waals surface area contributed by atoms with Gasteiger partial charge >= 0.3 is 19.3 Å². The summed E-state index contributed by atoms with van der Waals surface area (Å²) in [6, 6.07) is 13.2. The van der Waals surface area contributed by atoms with Gasteiger partial charge in [0.05, 0.1) is 22.7 Å². The molecular formula is C25H31BF3NO4. The first-order valence-electron chi connectivity index (χ1n) is 11.3. The Hall–Kier alpha value is -2.36. The number of carbonyl (C=O) groups excluding carboxylic acids is 1. The molecule has 0 atom stereocenters. The van der Waals surface area contributed by atoms with E-state index in [2.05, 4.69) is 0 Å². The molecule has 2 fully saturated rings. The highest BCUT2D eigenvalue weighted by molar-refractivity contribution is 6.62. The van der Waals surface area contributed by atoms with Gasteiger partial charge in [0.15, 0.2) is 0 Å². The second kappa shape index (κ2) is 10.1. The van der Waals surface area contributed by atoms with Gasteiger partial charge in [0.2, 0.25) is 0 Å². The van der Waals surface area contributed by atoms with E-state index in [9.17, 15) is 18.0 Å². The maximum atomic E-state index is 12.8. The lowest BCUT2D eigenvalue weighted by Gasteiger charge is -2.32. The molecule has 9 heteroatoms. The van der Waals surface area contributed by atoms with Gasteiger partial charge in [-0.1, -0.05) is 42.5 Å². The van der Waals surface area contributed by atoms with Gasteiger partial charge in [-0.25, -0.2) is 0 Å². The Kier molecular flexibility index (Phi) is 7.80. The first-order valence-corrected chi connectivity index (χ1v) is 11.3. The van der Waals surface area contributed by atoms with Crippen LogP contribution in [0.4, 0.5) is 13.2 Å². The summed E-state index contributed by atoms with van der Waals surface area (Å²) in [4.78, 5) is 11.2. The minimum absolute atomic E-state index is 0.0106. The van der Waals surface area contributed by atoms with Gasteiger partial charge in [-0.2, -0.15) is 13.2 Å². The van der Waals surface area contributed by atoms with E-state index in [1.54, 1.807) is 0 Å². The number of rotatable bonds is 5. The summed E-state index contributed by atoms with van der Waals surface area (Å²) < 4.78 is 55.1. The summed E-state index contributed by atoms with van der Waals surface area (Å²) in [7, 11) is -0.712. The van der Waals surface area contributed by atoms with Crippen LogP contribution in [0.3, 0.4) is 0 Å². The highest BCUT2D eigenvalue weighted by atomic mass is 19.4. The molecule has 184 valence electrons. The van der Waals surface area contributed by atoms with Gasteiger partial charge in [0, 0.05) is 6.54 Å². The highest BCUT2D eigenvalue weighted by Crippen LogP contribution is 2.37. The van der Waals surface area contributed by atoms with Crippen molar-refractivity contribution in [3.63, 3.8) is 0 Å². The number of benzene rings is 2. The van der Waals surface area contributed by atoms with Crippen molar-refractivity contribution in [3.8, 4) is 0 Å². The third kappa shape index (κ3) is 6.40. The average molecular weight is 477 g/mol. The van der Waals surface area contributed by atoms with Crippen molar-refractivity contribution in [2.45, 2.75) is 71.1 Å². The number of nitrogens with two attached hydrogens (primary N) is 1. The molecule has 1 saturated heterocycles. The van der Waals surface area contributed by atoms with Crippen molar-refractivity contribution < 1.29 is 32.0 Å². The fourth-order valence-electron chi connectivity index (χ4n) is 3.32. The molecule has 5 nitrogen and oxygen atoms in total. The van der Waals surface area contributed by atoms with Crippen LogP contribution in [0.25, 0.3) is 0 Å². The topological polar surface area (TPSA) is 70.8 Å². The standard InChI is InChI=1S/C14H19BF3NO2.C11H12O2/c1-12(2)13(3,4)21-15(20-12)11-6-5-10(14(16,17)18)7-9(11)8-19;12-11(10-6-7-10)13-8-9-4-2-1-3-5-9/h5-7H,8,19H2,1-4H3;1-5,10H,6-8H2. The second-order valence-electron chi connectivity index (χ2n) is 9.57. The molecule has 0 aromatic heterocycles. The Morgan fingerprint density at radius 1 is 1.06 bits per heavy atom. The van der Waals surface area contributed by atoms with Crippen molar-refractivity contribution in [1.29, 1.82) is 0 Å². The first-order chi connectivity index (χ1) is 15.8. The van der Waals surface area contributed by atoms with Gasteiger partial charge in [-0.15, -0.1) is 0 Å². The monoisotopic (exact) mass is 477 g/mol. The van der Waals surface area contributed by atoms with E-state index in [4.69, 9.17) is 19.8 Å². The molecule has 2 aromatic rings. The van der Waals surface area contributed by atoms with Crippen molar-refractivity contribution in [2.24, 2.45) is 11.7 Å². The minimum Gasteiger partial charge on any atom is -0.461 e. The van der Waals surface area contributed by atoms with E-state index in [-0.39, 0.29) is 18.4 Å². The maximum Gasteiger partial charge on any atom is 0.495 e. The Morgan fingerprint density at radius 2 is 1.65 bits per heavy atom. The van der Waals surface area contributed by atoms with Crippen molar-refractivity contribution in [2.75, 3.05) is 0 Å². The molecule has 1 aliphatic carbocycles. The van der Waals surface area contributed by atoms with E-state index in [1.165, 1.54) is 6.07 Å². The fourth-order valence-corrected chi connectivity index (χ4v) is 3.32. The van der Waals surface area contributed by atoms with Crippen LogP contribution in [0.5, 0.6) is 0 Å². The number of ether oxygens (including phenoxy) is 1. The zero-order valence-electron chi connectivity index (χ0n) is 19.9. The van der Waals surface area contributed by atoms with Crippen LogP contribution in [0.15, 0.2) is 48.5 Å². The van der Waals surface area contributed by atoms with Crippen LogP contribution >= 0.6 is 0 Å². The highest BCUT2D eigenvalue weighted by Gasteiger charge is 2.52. The molecule has 4 rings (SSSR count). The van der Waals surface area contributed by atoms with E-state index in [0.29, 0.717) is 17.6 Å². The molecule has 0 bridgehead atoms. The Balaban J connectivity index is 0.000000212. The fraction of sp³-hybridized carbons (Fsp3) is 0.480. The number of hydrogen-bond acceptors (Lipinski definition) is 5. The van der Waals surface area contributed by atoms with Gasteiger partial charge in [-0.05, 0) is 63.2 Å². The smallest absolute Gasteiger partial charge is 0.461 e. The lowest BCUT2D eigenvalue weighted by Crippen LogP contribution is -2.41. The van der Waals surface area contributed by atoms with Crippen LogP contribution in [0.2, 0.25) is 0 Å². The Morgan fingerprint density at radius 3 is 2.15 bits per heavy atom. The summed E-state index contributed by atoms with van der Waals surface area (Å²) in [5.74, 6) is 0.160. The zero-order chi connectivity index (χ0) is 25.1. The van der Waals surface area contributed by atoms with Crippen LogP contribution in [-0.2, 0) is 38.2 Å². The van der Waals surface area contributed by atoms with Crippen molar-refractivity contribution in [3.05, 3.63) is 65.2 Å². The van der Waals surface area contributed by atoms with Gasteiger partial charge in [-0.3, -0.25) is 4.79 Å². The number of hydrogen-bond donors (Lipinski definition) is 1. The van der Waals surface area contributed by atoms with Gasteiger partial charge in [0.25, 0.3) is 0 Å². The van der Waals surface area contributed by atoms with Crippen LogP contribution in [-0.4, -0.2) is 24.3 Å². The van der Waals surface area contributed by atoms with Gasteiger partial charge in [0.1, 0.15) is 6.61 Å². The second-order valence-corrected chi connectivity index (χ2v) is 9.57. The first kappa shape index (κ1) is 26.3. The summed E-state index contributed by atoms with van der Waals surface area (Å²) >= 11 is 0. The predicted octanol–water partition coefficient (Wildman–Crippen LogP) is 4.60. The predicted molar refractivity (Wildman–Crippen MR) is 124 cm³/mol. The molecule has 2 aromatic carbocycles. The third-order valence-electron chi connectivity index (χ3n) is 6.33. The van der Waals surface area contributed by atoms with Gasteiger partial charge < -0.3 is 19.8 Å². The van der Waals surface area contributed by atoms with E-state index in [1.807, 2.05) is 58.0 Å². The Bertz CT molecular complexity index is 975. The summed E-state index contributed by atoms with van der Waals surface area (Å²) in [5, 5.41) is 0. The molecule has 2 N–H and O–H groups in total. The molecule has 1 heterocycles. The summed E-state index contributed by atoms with van der Waals surface area (Å²) in [5.41, 5.74) is 5.75. The number of carbonyl (C=O) groups is 1. The van der Waals surface area contributed by atoms with E-state index in [0.717, 1.165) is 30.5 Å². The third-order valence-corrected chi connectivity index (χ3v) is 6.33. The molecule has 0 radical (unpaired) electrons. The largest absolute Gasteiger partial charge is 0.495 e. The Labute approximate surface area is 198 Å². The molecular weight excluding hydrogens is 446 g/mol. The SMILES string of the molecule is CC1(C)OB(c2ccc(C(F)(F)F)cc2CN)OC1(C)C.O=C(OCc1ccccc1)C1CC1. The quantitative estimate of drug-likeness (QED) is 0.504. The summed E-state index contributed by atoms with van der Waals surface area (Å²) in [6.45, 7) is 7.95. The molecule has 34 heavy (non-hydrogen) atoms. The number of halogens is 3. The number of esters is 1. The minimum atomic E-state index is -4.39. The molecule has 1 aliphatic heterocycles. The maximum absolute atomic E-state index is 12.8. The van der Waals surface area contributed by atoms with Crippen LogP contribution < -0.4 is 11.2 Å². The van der Waals surface area contributed by atoms with Crippen LogP contribution in [0, 0.1) is 5.92 Å². The lowest BCUT2D eigenvalue weighted by molar-refractivity contribution is -0.146. The van der Waals surface area contributed by atoms with Crippen molar-refractivity contribution >= 4 is 18.6 Å². The average Bonchev–Trinajstić information content (AvgIpc) is 3.59. The van der Waals surface area contributed by atoms with E-state index < -0.39 is 30.1 Å². The van der Waals surface area contributed by atoms with E-state index >= 15 is 0 Å². The van der Waals surface area contributed by atoms with Crippen molar-refractivity contribution in [1.82, 2.24) is 0 Å². The number of alkyl halides is 3. The molecule has 2 aliphatic rings. The summed E-state index contributed by atoms with van der Waals surface area (Å²) in [6.07, 6.45) is -2.38. The molecule has 1 saturated carbocycles. The normalized spacial score (nSPS) is 18.8.